The van der Waals surface area contributed by atoms with Gasteiger partial charge in [-0.2, -0.15) is 0 Å². The fourth-order valence-corrected chi connectivity index (χ4v) is 4.32. The summed E-state index contributed by atoms with van der Waals surface area (Å²) < 4.78 is 0. The number of carbonyl (C=O) groups is 1. The molecule has 0 aromatic carbocycles. The number of nitrogens with two attached hydrogens (primary N) is 1. The van der Waals surface area contributed by atoms with Gasteiger partial charge in [0.2, 0.25) is 5.91 Å². The molecule has 1 amide bonds. The molecule has 0 rings (SSSR count). The molecule has 0 aliphatic carbocycles. The molecule has 0 radical (unpaired) electrons. The topological polar surface area (TPSA) is 55.1 Å². The van der Waals surface area contributed by atoms with E-state index in [1.165, 1.54) is 141 Å². The Morgan fingerprint density at radius 1 is 0.467 bits per heavy atom. The molecular formula is C27H56N2O. The quantitative estimate of drug-likeness (QED) is 0.0666. The normalized spacial score (nSPS) is 11.1. The molecule has 0 fully saturated rings. The summed E-state index contributed by atoms with van der Waals surface area (Å²) in [6, 6.07) is 0. The summed E-state index contributed by atoms with van der Waals surface area (Å²) in [7, 11) is 0. The summed E-state index contributed by atoms with van der Waals surface area (Å²) in [5.74, 6) is 5.04. The molecule has 0 atom stereocenters. The molecule has 0 aliphatic rings. The Morgan fingerprint density at radius 2 is 0.700 bits per heavy atom. The van der Waals surface area contributed by atoms with Gasteiger partial charge in [-0.1, -0.05) is 155 Å². The van der Waals surface area contributed by atoms with Crippen LogP contribution >= 0.6 is 0 Å². The molecule has 0 unspecified atom stereocenters. The molecule has 0 aliphatic heterocycles. The Morgan fingerprint density at radius 3 is 0.933 bits per heavy atom. The van der Waals surface area contributed by atoms with Gasteiger partial charge in [-0.15, -0.1) is 0 Å². The summed E-state index contributed by atoms with van der Waals surface area (Å²) >= 11 is 0. The molecule has 0 spiro atoms. The average molecular weight is 425 g/mol. The summed E-state index contributed by atoms with van der Waals surface area (Å²) in [6.45, 7) is 2.29. The number of nitrogens with one attached hydrogen (secondary N) is 1. The van der Waals surface area contributed by atoms with Crippen LogP contribution in [0.25, 0.3) is 0 Å². The van der Waals surface area contributed by atoms with Gasteiger partial charge in [0.25, 0.3) is 0 Å². The van der Waals surface area contributed by atoms with Crippen molar-refractivity contribution in [1.29, 1.82) is 0 Å². The first kappa shape index (κ1) is 29.4. The van der Waals surface area contributed by atoms with Gasteiger partial charge >= 0.3 is 0 Å². The van der Waals surface area contributed by atoms with Crippen molar-refractivity contribution in [2.24, 2.45) is 5.84 Å². The van der Waals surface area contributed by atoms with E-state index in [4.69, 9.17) is 5.84 Å². The summed E-state index contributed by atoms with van der Waals surface area (Å²) in [4.78, 5) is 11.0. The van der Waals surface area contributed by atoms with E-state index >= 15 is 0 Å². The molecule has 30 heavy (non-hydrogen) atoms. The zero-order valence-corrected chi connectivity index (χ0v) is 20.7. The van der Waals surface area contributed by atoms with Crippen LogP contribution in [0.5, 0.6) is 0 Å². The molecule has 0 aromatic heterocycles. The van der Waals surface area contributed by atoms with Crippen LogP contribution in [-0.2, 0) is 4.79 Å². The first-order chi connectivity index (χ1) is 14.8. The molecule has 3 heteroatoms. The monoisotopic (exact) mass is 424 g/mol. The van der Waals surface area contributed by atoms with E-state index in [0.717, 1.165) is 12.8 Å². The van der Waals surface area contributed by atoms with Gasteiger partial charge in [0.15, 0.2) is 0 Å². The fraction of sp³-hybridized carbons (Fsp3) is 0.963. The van der Waals surface area contributed by atoms with Gasteiger partial charge in [-0.25, -0.2) is 5.84 Å². The van der Waals surface area contributed by atoms with Crippen LogP contribution in [0.2, 0.25) is 0 Å². The third kappa shape index (κ3) is 25.5. The minimum atomic E-state index is -0.0335. The van der Waals surface area contributed by atoms with Gasteiger partial charge in [0.1, 0.15) is 0 Å². The highest BCUT2D eigenvalue weighted by Crippen LogP contribution is 2.15. The first-order valence-electron chi connectivity index (χ1n) is 13.8. The van der Waals surface area contributed by atoms with Gasteiger partial charge < -0.3 is 0 Å². The maximum atomic E-state index is 11.0. The number of hydrogen-bond donors (Lipinski definition) is 2. The van der Waals surface area contributed by atoms with E-state index in [-0.39, 0.29) is 5.91 Å². The van der Waals surface area contributed by atoms with E-state index < -0.39 is 0 Å². The molecule has 3 nitrogen and oxygen atoms in total. The standard InChI is InChI=1S/C27H56N2O/c1-2-3-4-5-6-7-8-9-10-11-12-13-14-15-16-17-18-19-20-21-22-23-24-25-26-27(30)29-28/h2-26,28H2,1H3,(H,29,30). The van der Waals surface area contributed by atoms with Crippen LogP contribution in [-0.4, -0.2) is 5.91 Å². The maximum absolute atomic E-state index is 11.0. The Hall–Kier alpha value is -0.570. The molecule has 0 aromatic rings. The Kier molecular flexibility index (Phi) is 26.0. The maximum Gasteiger partial charge on any atom is 0.233 e. The van der Waals surface area contributed by atoms with Gasteiger partial charge in [0, 0.05) is 6.42 Å². The smallest absolute Gasteiger partial charge is 0.233 e. The third-order valence-corrected chi connectivity index (χ3v) is 6.42. The third-order valence-electron chi connectivity index (χ3n) is 6.42. The van der Waals surface area contributed by atoms with Crippen LogP contribution < -0.4 is 11.3 Å². The zero-order chi connectivity index (χ0) is 22.0. The summed E-state index contributed by atoms with van der Waals surface area (Å²) in [5.41, 5.74) is 2.19. The molecule has 0 saturated carbocycles. The number of amides is 1. The lowest BCUT2D eigenvalue weighted by Gasteiger charge is -2.04. The lowest BCUT2D eigenvalue weighted by atomic mass is 10.0. The van der Waals surface area contributed by atoms with Crippen LogP contribution in [0, 0.1) is 0 Å². The second-order valence-electron chi connectivity index (χ2n) is 9.45. The van der Waals surface area contributed by atoms with Crippen LogP contribution in [0.3, 0.4) is 0 Å². The number of hydrazine groups is 1. The van der Waals surface area contributed by atoms with Crippen molar-refractivity contribution in [3.8, 4) is 0 Å². The molecule has 0 heterocycles. The summed E-state index contributed by atoms with van der Waals surface area (Å²) in [5, 5.41) is 0. The number of carbonyl (C=O) groups excluding carboxylic acids is 1. The van der Waals surface area contributed by atoms with E-state index in [1.807, 2.05) is 0 Å². The van der Waals surface area contributed by atoms with Crippen molar-refractivity contribution in [1.82, 2.24) is 5.43 Å². The lowest BCUT2D eigenvalue weighted by Crippen LogP contribution is -2.29. The number of hydrogen-bond acceptors (Lipinski definition) is 2. The molecular weight excluding hydrogens is 368 g/mol. The number of unbranched alkanes of at least 4 members (excludes halogenated alkanes) is 23. The fourth-order valence-electron chi connectivity index (χ4n) is 4.32. The van der Waals surface area contributed by atoms with E-state index in [0.29, 0.717) is 6.42 Å². The SMILES string of the molecule is CCCCCCCCCCCCCCCCCCCCCCCCCCC(=O)NN. The molecule has 0 bridgehead atoms. The van der Waals surface area contributed by atoms with Crippen LogP contribution in [0.4, 0.5) is 0 Å². The minimum Gasteiger partial charge on any atom is -0.294 e. The number of rotatable bonds is 25. The minimum absolute atomic E-state index is 0.0335. The van der Waals surface area contributed by atoms with Crippen molar-refractivity contribution >= 4 is 5.91 Å². The van der Waals surface area contributed by atoms with Gasteiger partial charge in [-0.3, -0.25) is 10.2 Å². The largest absolute Gasteiger partial charge is 0.294 e. The van der Waals surface area contributed by atoms with E-state index in [1.54, 1.807) is 0 Å². The zero-order valence-electron chi connectivity index (χ0n) is 20.7. The highest BCUT2D eigenvalue weighted by atomic mass is 16.2. The van der Waals surface area contributed by atoms with Crippen molar-refractivity contribution in [2.75, 3.05) is 0 Å². The molecule has 3 N–H and O–H groups in total. The Bertz CT molecular complexity index is 333. The Balaban J connectivity index is 3.01. The average Bonchev–Trinajstić information content (AvgIpc) is 2.76. The predicted octanol–water partition coefficient (Wildman–Crippen LogP) is 8.75. The van der Waals surface area contributed by atoms with Crippen molar-refractivity contribution in [3.05, 3.63) is 0 Å². The van der Waals surface area contributed by atoms with Gasteiger partial charge in [0.05, 0.1) is 0 Å². The van der Waals surface area contributed by atoms with Crippen LogP contribution in [0.15, 0.2) is 0 Å². The highest BCUT2D eigenvalue weighted by Gasteiger charge is 1.98. The van der Waals surface area contributed by atoms with Crippen molar-refractivity contribution in [2.45, 2.75) is 167 Å². The van der Waals surface area contributed by atoms with E-state index in [9.17, 15) is 4.79 Å². The predicted molar refractivity (Wildman–Crippen MR) is 133 cm³/mol. The molecule has 180 valence electrons. The first-order valence-corrected chi connectivity index (χ1v) is 13.8. The Labute approximate surface area is 189 Å². The lowest BCUT2D eigenvalue weighted by molar-refractivity contribution is -0.121. The van der Waals surface area contributed by atoms with Crippen LogP contribution in [0.1, 0.15) is 167 Å². The second kappa shape index (κ2) is 26.5. The second-order valence-corrected chi connectivity index (χ2v) is 9.45. The van der Waals surface area contributed by atoms with Crippen molar-refractivity contribution in [3.63, 3.8) is 0 Å². The molecule has 0 saturated heterocycles. The summed E-state index contributed by atoms with van der Waals surface area (Å²) in [6.07, 6.45) is 34.1. The van der Waals surface area contributed by atoms with E-state index in [2.05, 4.69) is 12.3 Å². The van der Waals surface area contributed by atoms with Gasteiger partial charge in [-0.05, 0) is 6.42 Å². The van der Waals surface area contributed by atoms with Crippen molar-refractivity contribution < 1.29 is 4.79 Å². The highest BCUT2D eigenvalue weighted by molar-refractivity contribution is 5.74.